The van der Waals surface area contributed by atoms with Gasteiger partial charge in [-0.2, -0.15) is 0 Å². The number of ether oxygens (including phenoxy) is 1. The molecule has 5 heteroatoms. The second kappa shape index (κ2) is 6.20. The van der Waals surface area contributed by atoms with E-state index in [0.717, 1.165) is 43.1 Å². The molecule has 0 bridgehead atoms. The van der Waals surface area contributed by atoms with Crippen molar-refractivity contribution in [3.05, 3.63) is 53.1 Å². The van der Waals surface area contributed by atoms with Gasteiger partial charge in [-0.3, -0.25) is 11.3 Å². The van der Waals surface area contributed by atoms with Gasteiger partial charge in [0.1, 0.15) is 11.6 Å². The molecular weight excluding hydrogens is 264 g/mol. The largest absolute Gasteiger partial charge is 0.493 e. The van der Waals surface area contributed by atoms with Crippen LogP contribution in [0.3, 0.4) is 0 Å². The van der Waals surface area contributed by atoms with Gasteiger partial charge in [-0.1, -0.05) is 12.1 Å². The standard InChI is InChI=1S/C16H20N4O/c1-11-18-8-6-14(19-11)15(20-17)4-2-12-3-5-16-13(10-12)7-9-21-16/h3,5-6,8,10,15,20H,2,4,7,9,17H2,1H3. The second-order valence-electron chi connectivity index (χ2n) is 5.33. The summed E-state index contributed by atoms with van der Waals surface area (Å²) in [6.07, 6.45) is 4.62. The number of rotatable bonds is 5. The van der Waals surface area contributed by atoms with Crippen LogP contribution in [0.4, 0.5) is 0 Å². The van der Waals surface area contributed by atoms with Crippen LogP contribution in [0, 0.1) is 6.92 Å². The number of nitrogens with one attached hydrogen (secondary N) is 1. The maximum atomic E-state index is 5.68. The summed E-state index contributed by atoms with van der Waals surface area (Å²) in [5.41, 5.74) is 6.41. The van der Waals surface area contributed by atoms with E-state index in [1.54, 1.807) is 6.20 Å². The molecule has 1 atom stereocenters. The smallest absolute Gasteiger partial charge is 0.125 e. The van der Waals surface area contributed by atoms with Crippen molar-refractivity contribution in [1.82, 2.24) is 15.4 Å². The van der Waals surface area contributed by atoms with Crippen molar-refractivity contribution in [3.63, 3.8) is 0 Å². The molecule has 0 saturated carbocycles. The lowest BCUT2D eigenvalue weighted by Crippen LogP contribution is -2.29. The lowest BCUT2D eigenvalue weighted by molar-refractivity contribution is 0.357. The number of nitrogens with two attached hydrogens (primary N) is 1. The number of hydrogen-bond donors (Lipinski definition) is 2. The number of aromatic nitrogens is 2. The Morgan fingerprint density at radius 2 is 2.29 bits per heavy atom. The fraction of sp³-hybridized carbons (Fsp3) is 0.375. The van der Waals surface area contributed by atoms with Crippen molar-refractivity contribution in [2.75, 3.05) is 6.61 Å². The fourth-order valence-electron chi connectivity index (χ4n) is 2.69. The molecule has 21 heavy (non-hydrogen) atoms. The van der Waals surface area contributed by atoms with E-state index in [1.807, 2.05) is 13.0 Å². The van der Waals surface area contributed by atoms with Crippen LogP contribution < -0.4 is 16.0 Å². The van der Waals surface area contributed by atoms with Crippen LogP contribution in [-0.2, 0) is 12.8 Å². The predicted molar refractivity (Wildman–Crippen MR) is 80.8 cm³/mol. The summed E-state index contributed by atoms with van der Waals surface area (Å²) < 4.78 is 5.53. The van der Waals surface area contributed by atoms with Gasteiger partial charge in [0.05, 0.1) is 18.3 Å². The monoisotopic (exact) mass is 284 g/mol. The van der Waals surface area contributed by atoms with Crippen molar-refractivity contribution in [3.8, 4) is 5.75 Å². The van der Waals surface area contributed by atoms with E-state index in [-0.39, 0.29) is 6.04 Å². The number of nitrogens with zero attached hydrogens (tertiary/aromatic N) is 2. The van der Waals surface area contributed by atoms with Crippen LogP contribution >= 0.6 is 0 Å². The van der Waals surface area contributed by atoms with Gasteiger partial charge in [-0.15, -0.1) is 0 Å². The molecule has 0 amide bonds. The summed E-state index contributed by atoms with van der Waals surface area (Å²) in [7, 11) is 0. The summed E-state index contributed by atoms with van der Waals surface area (Å²) in [5.74, 6) is 7.47. The van der Waals surface area contributed by atoms with E-state index >= 15 is 0 Å². The quantitative estimate of drug-likeness (QED) is 0.647. The third kappa shape index (κ3) is 3.20. The van der Waals surface area contributed by atoms with Crippen LogP contribution in [-0.4, -0.2) is 16.6 Å². The van der Waals surface area contributed by atoms with E-state index in [9.17, 15) is 0 Å². The average molecular weight is 284 g/mol. The van der Waals surface area contributed by atoms with E-state index < -0.39 is 0 Å². The van der Waals surface area contributed by atoms with E-state index in [0.29, 0.717) is 0 Å². The van der Waals surface area contributed by atoms with Crippen LogP contribution in [0.2, 0.25) is 0 Å². The average Bonchev–Trinajstić information content (AvgIpc) is 2.95. The Bertz CT molecular complexity index is 629. The zero-order valence-electron chi connectivity index (χ0n) is 12.2. The van der Waals surface area contributed by atoms with Crippen molar-refractivity contribution < 1.29 is 4.74 Å². The lowest BCUT2D eigenvalue weighted by atomic mass is 10.0. The maximum absolute atomic E-state index is 5.68. The van der Waals surface area contributed by atoms with Gasteiger partial charge in [-0.25, -0.2) is 9.97 Å². The van der Waals surface area contributed by atoms with E-state index in [1.165, 1.54) is 11.1 Å². The third-order valence-electron chi connectivity index (χ3n) is 3.83. The molecule has 3 rings (SSSR count). The number of benzene rings is 1. The summed E-state index contributed by atoms with van der Waals surface area (Å²) in [6.45, 7) is 2.68. The Kier molecular flexibility index (Phi) is 4.13. The third-order valence-corrected chi connectivity index (χ3v) is 3.83. The minimum atomic E-state index is 0.0382. The van der Waals surface area contributed by atoms with Crippen LogP contribution in [0.15, 0.2) is 30.5 Å². The Morgan fingerprint density at radius 3 is 3.10 bits per heavy atom. The first-order valence-electron chi connectivity index (χ1n) is 7.26. The highest BCUT2D eigenvalue weighted by Gasteiger charge is 2.14. The van der Waals surface area contributed by atoms with Crippen LogP contribution in [0.5, 0.6) is 5.75 Å². The normalized spacial score (nSPS) is 14.6. The fourth-order valence-corrected chi connectivity index (χ4v) is 2.69. The van der Waals surface area contributed by atoms with Crippen molar-refractivity contribution in [2.24, 2.45) is 5.84 Å². The number of hydrogen-bond acceptors (Lipinski definition) is 5. The first kappa shape index (κ1) is 14.0. The summed E-state index contributed by atoms with van der Waals surface area (Å²) in [6, 6.07) is 8.38. The molecular formula is C16H20N4O. The van der Waals surface area contributed by atoms with Crippen LogP contribution in [0.25, 0.3) is 0 Å². The van der Waals surface area contributed by atoms with E-state index in [2.05, 4.69) is 33.6 Å². The van der Waals surface area contributed by atoms with Gasteiger partial charge in [0.25, 0.3) is 0 Å². The summed E-state index contributed by atoms with van der Waals surface area (Å²) in [4.78, 5) is 8.56. The Labute approximate surface area is 124 Å². The first-order chi connectivity index (χ1) is 10.3. The highest BCUT2D eigenvalue weighted by atomic mass is 16.5. The molecule has 3 N–H and O–H groups in total. The Hall–Kier alpha value is -1.98. The topological polar surface area (TPSA) is 73.1 Å². The zero-order chi connectivity index (χ0) is 14.7. The SMILES string of the molecule is Cc1nccc(C(CCc2ccc3c(c2)CCO3)NN)n1. The van der Waals surface area contributed by atoms with Gasteiger partial charge in [0.2, 0.25) is 0 Å². The van der Waals surface area contributed by atoms with Crippen molar-refractivity contribution in [2.45, 2.75) is 32.2 Å². The van der Waals surface area contributed by atoms with Gasteiger partial charge in [-0.05, 0) is 43.0 Å². The molecule has 1 aromatic carbocycles. The zero-order valence-corrected chi connectivity index (χ0v) is 12.2. The maximum Gasteiger partial charge on any atom is 0.125 e. The highest BCUT2D eigenvalue weighted by Crippen LogP contribution is 2.27. The predicted octanol–water partition coefficient (Wildman–Crippen LogP) is 1.86. The summed E-state index contributed by atoms with van der Waals surface area (Å²) in [5, 5.41) is 0. The molecule has 110 valence electrons. The number of hydrazine groups is 1. The minimum absolute atomic E-state index is 0.0382. The molecule has 0 saturated heterocycles. The first-order valence-corrected chi connectivity index (χ1v) is 7.26. The summed E-state index contributed by atoms with van der Waals surface area (Å²) >= 11 is 0. The molecule has 1 aromatic heterocycles. The molecule has 1 aliphatic heterocycles. The molecule has 5 nitrogen and oxygen atoms in total. The van der Waals surface area contributed by atoms with E-state index in [4.69, 9.17) is 10.6 Å². The molecule has 1 aliphatic rings. The van der Waals surface area contributed by atoms with Gasteiger partial charge in [0.15, 0.2) is 0 Å². The molecule has 0 fully saturated rings. The Balaban J connectivity index is 1.68. The minimum Gasteiger partial charge on any atom is -0.493 e. The lowest BCUT2D eigenvalue weighted by Gasteiger charge is -2.15. The van der Waals surface area contributed by atoms with Crippen molar-refractivity contribution in [1.29, 1.82) is 0 Å². The van der Waals surface area contributed by atoms with Gasteiger partial charge < -0.3 is 4.74 Å². The molecule has 0 aliphatic carbocycles. The Morgan fingerprint density at radius 1 is 1.38 bits per heavy atom. The molecule has 2 heterocycles. The molecule has 2 aromatic rings. The molecule has 0 spiro atoms. The molecule has 1 unspecified atom stereocenters. The number of aryl methyl sites for hydroxylation is 2. The van der Waals surface area contributed by atoms with Crippen LogP contribution in [0.1, 0.15) is 35.1 Å². The number of fused-ring (bicyclic) bond motifs is 1. The van der Waals surface area contributed by atoms with Gasteiger partial charge in [0, 0.05) is 12.6 Å². The highest BCUT2D eigenvalue weighted by molar-refractivity contribution is 5.39. The van der Waals surface area contributed by atoms with Crippen molar-refractivity contribution >= 4 is 0 Å². The van der Waals surface area contributed by atoms with Gasteiger partial charge >= 0.3 is 0 Å². The second-order valence-corrected chi connectivity index (χ2v) is 5.33. The molecule has 0 radical (unpaired) electrons.